The molecule has 1 aromatic heterocycles. The molecule has 2 rings (SSSR count). The van der Waals surface area contributed by atoms with Crippen molar-refractivity contribution < 1.29 is 18.0 Å². The van der Waals surface area contributed by atoms with Crippen LogP contribution in [-0.2, 0) is 0 Å². The minimum atomic E-state index is -3.04. The van der Waals surface area contributed by atoms with Gasteiger partial charge in [-0.25, -0.2) is 22.8 Å². The van der Waals surface area contributed by atoms with Gasteiger partial charge in [-0.3, -0.25) is 4.79 Å². The molecule has 2 heterocycles. The number of halogens is 3. The van der Waals surface area contributed by atoms with Gasteiger partial charge in [0, 0.05) is 12.8 Å². The zero-order chi connectivity index (χ0) is 11.9. The van der Waals surface area contributed by atoms with Gasteiger partial charge in [-0.2, -0.15) is 0 Å². The van der Waals surface area contributed by atoms with Crippen LogP contribution < -0.4 is 0 Å². The van der Waals surface area contributed by atoms with Crippen LogP contribution in [-0.4, -0.2) is 27.0 Å². The Hall–Kier alpha value is -1.40. The van der Waals surface area contributed by atoms with Gasteiger partial charge in [0.15, 0.2) is 18.3 Å². The standard InChI is InChI=1S/C9H10F3N3O/c1-2-9(11,12)6-3-5(10)8-13-7(4-16)14-15(6)8/h4-6H,2-3H2,1H3/t5-,6-/m0/s1. The lowest BCUT2D eigenvalue weighted by Crippen LogP contribution is -2.28. The summed E-state index contributed by atoms with van der Waals surface area (Å²) in [7, 11) is 0. The van der Waals surface area contributed by atoms with Crippen LogP contribution in [0.4, 0.5) is 13.2 Å². The third-order valence-electron chi connectivity index (χ3n) is 2.74. The summed E-state index contributed by atoms with van der Waals surface area (Å²) in [6.07, 6.45) is -2.00. The number of nitrogens with zero attached hydrogens (tertiary/aromatic N) is 3. The molecule has 0 bridgehead atoms. The molecule has 0 fully saturated rings. The number of hydrogen-bond acceptors (Lipinski definition) is 3. The van der Waals surface area contributed by atoms with Gasteiger partial charge in [0.2, 0.25) is 5.82 Å². The number of rotatable bonds is 3. The number of aldehydes is 1. The van der Waals surface area contributed by atoms with E-state index in [1.165, 1.54) is 6.92 Å². The normalized spacial score (nSPS) is 24.5. The molecule has 0 saturated heterocycles. The van der Waals surface area contributed by atoms with E-state index in [4.69, 9.17) is 0 Å². The van der Waals surface area contributed by atoms with Gasteiger partial charge in [-0.15, -0.1) is 5.10 Å². The highest BCUT2D eigenvalue weighted by molar-refractivity contribution is 5.68. The second-order valence-electron chi connectivity index (χ2n) is 3.72. The van der Waals surface area contributed by atoms with E-state index >= 15 is 0 Å². The van der Waals surface area contributed by atoms with Crippen LogP contribution in [0.5, 0.6) is 0 Å². The quantitative estimate of drug-likeness (QED) is 0.751. The lowest BCUT2D eigenvalue weighted by molar-refractivity contribution is -0.0584. The topological polar surface area (TPSA) is 47.8 Å². The van der Waals surface area contributed by atoms with E-state index in [0.29, 0.717) is 6.29 Å². The van der Waals surface area contributed by atoms with Crippen molar-refractivity contribution in [3.8, 4) is 0 Å². The molecular formula is C9H10F3N3O. The summed E-state index contributed by atoms with van der Waals surface area (Å²) in [6, 6.07) is -1.34. The fraction of sp³-hybridized carbons (Fsp3) is 0.667. The molecule has 0 N–H and O–H groups in total. The van der Waals surface area contributed by atoms with Gasteiger partial charge in [0.25, 0.3) is 5.92 Å². The highest BCUT2D eigenvalue weighted by Crippen LogP contribution is 2.44. The van der Waals surface area contributed by atoms with Crippen molar-refractivity contribution in [2.75, 3.05) is 0 Å². The van der Waals surface area contributed by atoms with Crippen LogP contribution in [0.2, 0.25) is 0 Å². The summed E-state index contributed by atoms with van der Waals surface area (Å²) in [4.78, 5) is 14.0. The maximum Gasteiger partial charge on any atom is 0.270 e. The first kappa shape index (κ1) is 11.1. The molecule has 1 aromatic rings. The van der Waals surface area contributed by atoms with Gasteiger partial charge in [-0.05, 0) is 0 Å². The second-order valence-corrected chi connectivity index (χ2v) is 3.72. The molecule has 0 amide bonds. The van der Waals surface area contributed by atoms with Gasteiger partial charge < -0.3 is 0 Å². The lowest BCUT2D eigenvalue weighted by Gasteiger charge is -2.21. The molecule has 0 radical (unpaired) electrons. The predicted molar refractivity (Wildman–Crippen MR) is 48.2 cm³/mol. The van der Waals surface area contributed by atoms with Crippen molar-refractivity contribution in [1.82, 2.24) is 14.8 Å². The molecule has 0 unspecified atom stereocenters. The van der Waals surface area contributed by atoms with Gasteiger partial charge in [0.05, 0.1) is 0 Å². The Labute approximate surface area is 89.5 Å². The van der Waals surface area contributed by atoms with Crippen molar-refractivity contribution in [1.29, 1.82) is 0 Å². The summed E-state index contributed by atoms with van der Waals surface area (Å²) in [5.41, 5.74) is 0. The van der Waals surface area contributed by atoms with E-state index in [2.05, 4.69) is 10.1 Å². The monoisotopic (exact) mass is 233 g/mol. The zero-order valence-corrected chi connectivity index (χ0v) is 8.53. The zero-order valence-electron chi connectivity index (χ0n) is 8.53. The van der Waals surface area contributed by atoms with E-state index in [0.717, 1.165) is 4.68 Å². The highest BCUT2D eigenvalue weighted by atomic mass is 19.3. The molecule has 88 valence electrons. The number of aromatic nitrogens is 3. The average molecular weight is 233 g/mol. The summed E-state index contributed by atoms with van der Waals surface area (Å²) in [5.74, 6) is -3.47. The third kappa shape index (κ3) is 1.50. The Bertz CT molecular complexity index is 418. The number of hydrogen-bond donors (Lipinski definition) is 0. The molecule has 2 atom stereocenters. The fourth-order valence-corrected chi connectivity index (χ4v) is 1.83. The van der Waals surface area contributed by atoms with Crippen molar-refractivity contribution in [3.63, 3.8) is 0 Å². The smallest absolute Gasteiger partial charge is 0.270 e. The van der Waals surface area contributed by atoms with Gasteiger partial charge in [0.1, 0.15) is 6.04 Å². The van der Waals surface area contributed by atoms with Crippen LogP contribution in [0.1, 0.15) is 48.4 Å². The third-order valence-corrected chi connectivity index (χ3v) is 2.74. The van der Waals surface area contributed by atoms with E-state index in [9.17, 15) is 18.0 Å². The first-order valence-corrected chi connectivity index (χ1v) is 4.93. The maximum absolute atomic E-state index is 13.5. The van der Waals surface area contributed by atoms with Gasteiger partial charge >= 0.3 is 0 Å². The molecule has 1 aliphatic rings. The molecular weight excluding hydrogens is 223 g/mol. The van der Waals surface area contributed by atoms with Crippen molar-refractivity contribution in [2.24, 2.45) is 0 Å². The largest absolute Gasteiger partial charge is 0.294 e. The second kappa shape index (κ2) is 3.57. The number of alkyl halides is 3. The molecule has 0 aliphatic carbocycles. The molecule has 0 spiro atoms. The summed E-state index contributed by atoms with van der Waals surface area (Å²) < 4.78 is 41.2. The summed E-state index contributed by atoms with van der Waals surface area (Å²) >= 11 is 0. The highest BCUT2D eigenvalue weighted by Gasteiger charge is 2.48. The Balaban J connectivity index is 2.41. The van der Waals surface area contributed by atoms with E-state index in [-0.39, 0.29) is 18.1 Å². The summed E-state index contributed by atoms with van der Waals surface area (Å²) in [5, 5.41) is 3.57. The minimum absolute atomic E-state index is 0.180. The average Bonchev–Trinajstić information content (AvgIpc) is 2.79. The van der Waals surface area contributed by atoms with Crippen LogP contribution in [0.15, 0.2) is 0 Å². The number of carbonyl (C=O) groups excluding carboxylic acids is 1. The molecule has 1 aliphatic heterocycles. The SMILES string of the molecule is CCC(F)(F)[C@@H]1C[C@H](F)c2nc(C=O)nn21. The van der Waals surface area contributed by atoms with Gasteiger partial charge in [-0.1, -0.05) is 6.92 Å². The first-order valence-electron chi connectivity index (χ1n) is 4.93. The van der Waals surface area contributed by atoms with E-state index < -0.39 is 24.6 Å². The lowest BCUT2D eigenvalue weighted by atomic mass is 10.1. The van der Waals surface area contributed by atoms with Crippen molar-refractivity contribution in [3.05, 3.63) is 11.6 Å². The Morgan fingerprint density at radius 1 is 1.62 bits per heavy atom. The van der Waals surface area contributed by atoms with Crippen LogP contribution in [0, 0.1) is 0 Å². The van der Waals surface area contributed by atoms with Crippen molar-refractivity contribution >= 4 is 6.29 Å². The minimum Gasteiger partial charge on any atom is -0.294 e. The molecule has 16 heavy (non-hydrogen) atoms. The molecule has 0 saturated carbocycles. The Morgan fingerprint density at radius 2 is 2.31 bits per heavy atom. The van der Waals surface area contributed by atoms with Crippen LogP contribution in [0.3, 0.4) is 0 Å². The number of carbonyl (C=O) groups is 1. The maximum atomic E-state index is 13.5. The Morgan fingerprint density at radius 3 is 2.88 bits per heavy atom. The Kier molecular flexibility index (Phi) is 2.47. The van der Waals surface area contributed by atoms with Crippen LogP contribution in [0.25, 0.3) is 0 Å². The first-order chi connectivity index (χ1) is 7.49. The van der Waals surface area contributed by atoms with E-state index in [1.807, 2.05) is 0 Å². The fourth-order valence-electron chi connectivity index (χ4n) is 1.83. The van der Waals surface area contributed by atoms with Crippen LogP contribution >= 0.6 is 0 Å². The predicted octanol–water partition coefficient (Wildman–Crippen LogP) is 2.09. The molecule has 4 nitrogen and oxygen atoms in total. The molecule has 0 aromatic carbocycles. The van der Waals surface area contributed by atoms with Crippen molar-refractivity contribution in [2.45, 2.75) is 37.9 Å². The van der Waals surface area contributed by atoms with E-state index in [1.54, 1.807) is 0 Å². The molecule has 7 heteroatoms. The summed E-state index contributed by atoms with van der Waals surface area (Å²) in [6.45, 7) is 1.32. The number of fused-ring (bicyclic) bond motifs is 1.